The summed E-state index contributed by atoms with van der Waals surface area (Å²) in [6, 6.07) is 0. The summed E-state index contributed by atoms with van der Waals surface area (Å²) < 4.78 is 24.8. The highest BCUT2D eigenvalue weighted by Crippen LogP contribution is 2.35. The molecule has 0 atom stereocenters. The molecule has 0 aromatic carbocycles. The van der Waals surface area contributed by atoms with Gasteiger partial charge in [0.1, 0.15) is 0 Å². The smallest absolute Gasteiger partial charge is 0.242 e. The van der Waals surface area contributed by atoms with Gasteiger partial charge in [-0.1, -0.05) is 0 Å². The SMILES string of the molecule is COS(=O)(I)(OC)OC. The third-order valence-corrected chi connectivity index (χ3v) is 5.64. The van der Waals surface area contributed by atoms with Gasteiger partial charge in [0.2, 0.25) is 7.08 Å². The van der Waals surface area contributed by atoms with Crippen LogP contribution in [0.3, 0.4) is 0 Å². The summed E-state index contributed by atoms with van der Waals surface area (Å²) in [4.78, 5) is 0. The van der Waals surface area contributed by atoms with Crippen molar-refractivity contribution in [3.8, 4) is 0 Å². The molecule has 0 unspecified atom stereocenters. The van der Waals surface area contributed by atoms with Crippen LogP contribution in [0.4, 0.5) is 0 Å². The van der Waals surface area contributed by atoms with Crippen molar-refractivity contribution in [2.45, 2.75) is 0 Å². The Bertz CT molecular complexity index is 134. The second kappa shape index (κ2) is 2.79. The summed E-state index contributed by atoms with van der Waals surface area (Å²) in [5.74, 6) is 0. The lowest BCUT2D eigenvalue weighted by molar-refractivity contribution is 0.210. The first-order valence-electron chi connectivity index (χ1n) is 2.05. The monoisotopic (exact) mass is 268 g/mol. The zero-order valence-electron chi connectivity index (χ0n) is 5.42. The van der Waals surface area contributed by atoms with Crippen LogP contribution in [0.5, 0.6) is 0 Å². The van der Waals surface area contributed by atoms with E-state index in [-0.39, 0.29) is 0 Å². The minimum absolute atomic E-state index is 1.26. The minimum atomic E-state index is -3.68. The van der Waals surface area contributed by atoms with Gasteiger partial charge < -0.3 is 0 Å². The van der Waals surface area contributed by atoms with E-state index in [1.165, 1.54) is 42.5 Å². The topological polar surface area (TPSA) is 44.8 Å². The van der Waals surface area contributed by atoms with E-state index in [0.29, 0.717) is 0 Å². The van der Waals surface area contributed by atoms with Crippen molar-refractivity contribution in [1.29, 1.82) is 0 Å². The van der Waals surface area contributed by atoms with Gasteiger partial charge in [0, 0.05) is 0 Å². The molecule has 0 rings (SSSR count). The lowest BCUT2D eigenvalue weighted by atomic mass is 11.8. The van der Waals surface area contributed by atoms with E-state index < -0.39 is 7.08 Å². The molecule has 0 aromatic heterocycles. The van der Waals surface area contributed by atoms with Gasteiger partial charge in [-0.3, -0.25) is 12.5 Å². The summed E-state index contributed by atoms with van der Waals surface area (Å²) in [6.07, 6.45) is 0. The molecule has 0 heterocycles. The molecule has 0 radical (unpaired) electrons. The molecule has 0 spiro atoms. The molecule has 6 heteroatoms. The van der Waals surface area contributed by atoms with Crippen LogP contribution in [0.25, 0.3) is 0 Å². The van der Waals surface area contributed by atoms with Crippen molar-refractivity contribution in [2.24, 2.45) is 0 Å². The van der Waals surface area contributed by atoms with Gasteiger partial charge in [-0.25, -0.2) is 0 Å². The average Bonchev–Trinajstić information content (AvgIpc) is 1.90. The van der Waals surface area contributed by atoms with Crippen LogP contribution in [-0.4, -0.2) is 25.5 Å². The van der Waals surface area contributed by atoms with Crippen molar-refractivity contribution in [3.05, 3.63) is 0 Å². The van der Waals surface area contributed by atoms with E-state index in [2.05, 4.69) is 12.5 Å². The summed E-state index contributed by atoms with van der Waals surface area (Å²) in [5, 5.41) is 0. The van der Waals surface area contributed by atoms with E-state index in [1.807, 2.05) is 0 Å². The molecule has 0 bridgehead atoms. The van der Waals surface area contributed by atoms with Crippen molar-refractivity contribution in [1.82, 2.24) is 0 Å². The van der Waals surface area contributed by atoms with Crippen LogP contribution >= 0.6 is 21.2 Å². The molecule has 0 amide bonds. The molecule has 0 aromatic rings. The number of rotatable bonds is 3. The van der Waals surface area contributed by atoms with Gasteiger partial charge in [0.05, 0.1) is 42.5 Å². The number of hydrogen-bond donors (Lipinski definition) is 0. The Morgan fingerprint density at radius 2 is 1.33 bits per heavy atom. The number of hydrogen-bond acceptors (Lipinski definition) is 4. The molecule has 0 saturated carbocycles. The van der Waals surface area contributed by atoms with Gasteiger partial charge in [-0.05, 0) is 0 Å². The summed E-state index contributed by atoms with van der Waals surface area (Å²) in [6.45, 7) is 0. The summed E-state index contributed by atoms with van der Waals surface area (Å²) >= 11 is 1.49. The molecule has 0 fully saturated rings. The fourth-order valence-electron chi connectivity index (χ4n) is 0.204. The van der Waals surface area contributed by atoms with E-state index in [4.69, 9.17) is 0 Å². The standard InChI is InChI=1S/C3H9IO4S/c1-6-9(4,5,7-2)8-3/h1-3H3. The molecular weight excluding hydrogens is 259 g/mol. The normalized spacial score (nSPS) is 16.7. The third kappa shape index (κ3) is 2.46. The van der Waals surface area contributed by atoms with Crippen LogP contribution in [0.15, 0.2) is 0 Å². The van der Waals surface area contributed by atoms with Crippen LogP contribution in [0.2, 0.25) is 0 Å². The fourth-order valence-corrected chi connectivity index (χ4v) is 0.612. The average molecular weight is 268 g/mol. The molecule has 0 aliphatic carbocycles. The van der Waals surface area contributed by atoms with Gasteiger partial charge in [-0.15, -0.1) is 0 Å². The molecular formula is C3H9IO4S. The zero-order chi connectivity index (χ0) is 7.57. The highest BCUT2D eigenvalue weighted by molar-refractivity contribution is 14.2. The van der Waals surface area contributed by atoms with Crippen LogP contribution < -0.4 is 0 Å². The molecule has 58 valence electrons. The molecule has 0 saturated heterocycles. The van der Waals surface area contributed by atoms with Crippen LogP contribution in [0, 0.1) is 0 Å². The van der Waals surface area contributed by atoms with E-state index >= 15 is 0 Å². The van der Waals surface area contributed by atoms with E-state index in [0.717, 1.165) is 0 Å². The first kappa shape index (κ1) is 9.76. The van der Waals surface area contributed by atoms with E-state index in [1.54, 1.807) is 0 Å². The maximum Gasteiger partial charge on any atom is 0.242 e. The lowest BCUT2D eigenvalue weighted by Crippen LogP contribution is -2.29. The van der Waals surface area contributed by atoms with Crippen molar-refractivity contribution >= 4 is 28.3 Å². The third-order valence-electron chi connectivity index (χ3n) is 0.801. The quantitative estimate of drug-likeness (QED) is 0.562. The zero-order valence-corrected chi connectivity index (χ0v) is 8.39. The van der Waals surface area contributed by atoms with Gasteiger partial charge in [0.25, 0.3) is 0 Å². The molecule has 9 heavy (non-hydrogen) atoms. The second-order valence-corrected chi connectivity index (χ2v) is 7.80. The maximum absolute atomic E-state index is 11.2. The van der Waals surface area contributed by atoms with Gasteiger partial charge in [0.15, 0.2) is 0 Å². The predicted molar refractivity (Wildman–Crippen MR) is 43.2 cm³/mol. The van der Waals surface area contributed by atoms with Crippen molar-refractivity contribution in [2.75, 3.05) is 21.3 Å². The molecule has 0 N–H and O–H groups in total. The molecule has 0 aliphatic heterocycles. The highest BCUT2D eigenvalue weighted by Gasteiger charge is 2.31. The van der Waals surface area contributed by atoms with Crippen LogP contribution in [0.1, 0.15) is 0 Å². The Morgan fingerprint density at radius 3 is 1.33 bits per heavy atom. The summed E-state index contributed by atoms with van der Waals surface area (Å²) in [7, 11) is 0.0975. The predicted octanol–water partition coefficient (Wildman–Crippen LogP) is 0.841. The Labute approximate surface area is 66.5 Å². The first-order valence-corrected chi connectivity index (χ1v) is 6.33. The molecule has 4 nitrogen and oxygen atoms in total. The van der Waals surface area contributed by atoms with E-state index in [9.17, 15) is 4.21 Å². The Hall–Kier alpha value is 0.760. The van der Waals surface area contributed by atoms with Crippen LogP contribution in [-0.2, 0) is 19.6 Å². The summed E-state index contributed by atoms with van der Waals surface area (Å²) in [5.41, 5.74) is 0. The Kier molecular flexibility index (Phi) is 3.02. The maximum atomic E-state index is 11.2. The van der Waals surface area contributed by atoms with Gasteiger partial charge >= 0.3 is 0 Å². The number of halogens is 1. The first-order chi connectivity index (χ1) is 3.96. The minimum Gasteiger partial charge on any atom is -0.269 e. The van der Waals surface area contributed by atoms with Gasteiger partial charge in [-0.2, -0.15) is 4.21 Å². The highest BCUT2D eigenvalue weighted by atomic mass is 127. The Morgan fingerprint density at radius 1 is 1.11 bits per heavy atom. The Balaban J connectivity index is 4.42. The van der Waals surface area contributed by atoms with Crippen molar-refractivity contribution in [3.63, 3.8) is 0 Å². The van der Waals surface area contributed by atoms with Crippen molar-refractivity contribution < 1.29 is 16.8 Å². The fraction of sp³-hybridized carbons (Fsp3) is 1.00. The lowest BCUT2D eigenvalue weighted by Gasteiger charge is -2.29. The largest absolute Gasteiger partial charge is 0.269 e. The second-order valence-electron chi connectivity index (χ2n) is 1.16. The molecule has 0 aliphatic rings.